The molecule has 47 heavy (non-hydrogen) atoms. The summed E-state index contributed by atoms with van der Waals surface area (Å²) in [5, 5.41) is 17.2. The van der Waals surface area contributed by atoms with Crippen LogP contribution in [-0.4, -0.2) is 87.9 Å². The third-order valence-electron chi connectivity index (χ3n) is 9.64. The first-order chi connectivity index (χ1) is 22.6. The Bertz CT molecular complexity index is 1550. The van der Waals surface area contributed by atoms with Crippen molar-refractivity contribution < 1.29 is 34.0 Å². The van der Waals surface area contributed by atoms with Gasteiger partial charge in [-0.05, 0) is 42.7 Å². The summed E-state index contributed by atoms with van der Waals surface area (Å²) in [5.41, 5.74) is 5.77. The van der Waals surface area contributed by atoms with Crippen LogP contribution in [0.1, 0.15) is 57.1 Å². The summed E-state index contributed by atoms with van der Waals surface area (Å²) in [5.74, 6) is -2.97. The van der Waals surface area contributed by atoms with Crippen molar-refractivity contribution in [3.63, 3.8) is 0 Å². The van der Waals surface area contributed by atoms with E-state index in [0.29, 0.717) is 18.8 Å². The molecule has 2 aromatic rings. The molecule has 248 valence electrons. The lowest BCUT2D eigenvalue weighted by molar-refractivity contribution is -0.146. The maximum atomic E-state index is 14.1. The minimum absolute atomic E-state index is 0.0208. The SMILES string of the molecule is C=C[C@@H]1C[C@@]1(NC(=O)[C@@H]1C[C@@H](ON=C2c3ccccc3-c3ccccc32)CN1C(=O)[C@H](NOC(=O)N1CCCCC1)C(C)C)C(=O)O. The molecular formula is C35H41N5O7. The molecule has 0 radical (unpaired) electrons. The average molecular weight is 644 g/mol. The number of hydrogen-bond donors (Lipinski definition) is 3. The summed E-state index contributed by atoms with van der Waals surface area (Å²) >= 11 is 0. The second-order valence-corrected chi connectivity index (χ2v) is 13.1. The van der Waals surface area contributed by atoms with Gasteiger partial charge in [-0.15, -0.1) is 12.1 Å². The van der Waals surface area contributed by atoms with Gasteiger partial charge in [0.15, 0.2) is 0 Å². The fraction of sp³-hybridized carbons (Fsp3) is 0.457. The quantitative estimate of drug-likeness (QED) is 0.224. The van der Waals surface area contributed by atoms with Gasteiger partial charge < -0.3 is 29.9 Å². The number of carbonyl (C=O) groups excluding carboxylic acids is 3. The second-order valence-electron chi connectivity index (χ2n) is 13.1. The van der Waals surface area contributed by atoms with Crippen molar-refractivity contribution in [2.45, 2.75) is 69.7 Å². The highest BCUT2D eigenvalue weighted by atomic mass is 16.7. The number of likely N-dealkylation sites (tertiary alicyclic amines) is 2. The molecule has 6 rings (SSSR count). The Hall–Kier alpha value is -4.71. The summed E-state index contributed by atoms with van der Waals surface area (Å²) in [6.45, 7) is 8.51. The van der Waals surface area contributed by atoms with Gasteiger partial charge in [0.25, 0.3) is 0 Å². The molecule has 2 aliphatic carbocycles. The van der Waals surface area contributed by atoms with Crippen molar-refractivity contribution >= 4 is 29.6 Å². The van der Waals surface area contributed by atoms with Crippen molar-refractivity contribution in [1.29, 1.82) is 0 Å². The van der Waals surface area contributed by atoms with Crippen molar-refractivity contribution in [3.05, 3.63) is 72.3 Å². The Morgan fingerprint density at radius 3 is 2.17 bits per heavy atom. The molecule has 1 saturated carbocycles. The molecule has 3 fully saturated rings. The number of rotatable bonds is 10. The Labute approximate surface area is 273 Å². The fourth-order valence-corrected chi connectivity index (χ4v) is 6.81. The number of nitrogens with one attached hydrogen (secondary N) is 2. The Kier molecular flexibility index (Phi) is 9.05. The van der Waals surface area contributed by atoms with Gasteiger partial charge in [-0.25, -0.2) is 9.59 Å². The number of hydroxylamine groups is 1. The van der Waals surface area contributed by atoms with Crippen LogP contribution in [0, 0.1) is 11.8 Å². The van der Waals surface area contributed by atoms with Gasteiger partial charge in [0.05, 0.1) is 6.54 Å². The predicted octanol–water partition coefficient (Wildman–Crippen LogP) is 3.70. The highest BCUT2D eigenvalue weighted by molar-refractivity contribution is 6.24. The molecule has 0 spiro atoms. The number of fused-ring (bicyclic) bond motifs is 3. The molecule has 4 aliphatic rings. The Morgan fingerprint density at radius 2 is 1.62 bits per heavy atom. The fourth-order valence-electron chi connectivity index (χ4n) is 6.81. The minimum Gasteiger partial charge on any atom is -0.479 e. The van der Waals surface area contributed by atoms with Crippen LogP contribution in [0.2, 0.25) is 0 Å². The average Bonchev–Trinajstić information content (AvgIpc) is 3.48. The molecule has 2 aromatic carbocycles. The van der Waals surface area contributed by atoms with Crippen LogP contribution in [0.3, 0.4) is 0 Å². The number of piperidine rings is 1. The highest BCUT2D eigenvalue weighted by Gasteiger charge is 2.61. The van der Waals surface area contributed by atoms with Crippen LogP contribution in [0.4, 0.5) is 4.79 Å². The van der Waals surface area contributed by atoms with Gasteiger partial charge >= 0.3 is 12.1 Å². The van der Waals surface area contributed by atoms with Crippen molar-refractivity contribution in [2.75, 3.05) is 19.6 Å². The molecule has 0 bridgehead atoms. The van der Waals surface area contributed by atoms with Gasteiger partial charge in [0.2, 0.25) is 11.8 Å². The predicted molar refractivity (Wildman–Crippen MR) is 173 cm³/mol. The van der Waals surface area contributed by atoms with E-state index in [1.807, 2.05) is 62.4 Å². The number of oxime groups is 1. The number of benzene rings is 2. The van der Waals surface area contributed by atoms with E-state index in [-0.39, 0.29) is 25.3 Å². The molecule has 2 heterocycles. The molecule has 3 amide bonds. The highest BCUT2D eigenvalue weighted by Crippen LogP contribution is 2.45. The summed E-state index contributed by atoms with van der Waals surface area (Å²) in [6.07, 6.45) is 3.42. The standard InChI is InChI=1S/C35H41N5O7/c1-4-22-19-35(22,33(43)44)36-31(41)28-18-23(46-38-30-26-14-8-6-12-24(26)25-13-7-9-15-27(25)30)20-40(28)32(42)29(21(2)3)37-47-34(45)39-16-10-5-11-17-39/h4,6-9,12-15,21-23,28-29,37H,1,5,10-11,16-20H2,2-3H3,(H,36,41)(H,43,44)/t22-,23-,28+,29-,35+/m1/s1. The monoisotopic (exact) mass is 643 g/mol. The summed E-state index contributed by atoms with van der Waals surface area (Å²) in [4.78, 5) is 67.2. The molecular weight excluding hydrogens is 602 g/mol. The maximum Gasteiger partial charge on any atom is 0.428 e. The number of amides is 3. The number of hydrogen-bond acceptors (Lipinski definition) is 8. The molecule has 2 aliphatic heterocycles. The van der Waals surface area contributed by atoms with Gasteiger partial charge in [-0.3, -0.25) is 9.59 Å². The smallest absolute Gasteiger partial charge is 0.428 e. The zero-order valence-electron chi connectivity index (χ0n) is 26.7. The lowest BCUT2D eigenvalue weighted by Gasteiger charge is -2.31. The minimum atomic E-state index is -1.47. The van der Waals surface area contributed by atoms with Gasteiger partial charge in [0.1, 0.15) is 29.4 Å². The molecule has 2 saturated heterocycles. The van der Waals surface area contributed by atoms with Crippen LogP contribution in [0.25, 0.3) is 11.1 Å². The number of nitrogens with zero attached hydrogens (tertiary/aromatic N) is 3. The first-order valence-corrected chi connectivity index (χ1v) is 16.3. The van der Waals surface area contributed by atoms with Gasteiger partial charge in [-0.1, -0.05) is 73.6 Å². The van der Waals surface area contributed by atoms with E-state index >= 15 is 0 Å². The molecule has 12 heteroatoms. The molecule has 0 unspecified atom stereocenters. The number of carboxylic acid groups (broad SMARTS) is 1. The maximum absolute atomic E-state index is 14.1. The van der Waals surface area contributed by atoms with E-state index < -0.39 is 53.5 Å². The molecule has 3 N–H and O–H groups in total. The summed E-state index contributed by atoms with van der Waals surface area (Å²) < 4.78 is 0. The summed E-state index contributed by atoms with van der Waals surface area (Å²) in [6, 6.07) is 13.8. The topological polar surface area (TPSA) is 150 Å². The van der Waals surface area contributed by atoms with E-state index in [2.05, 4.69) is 22.5 Å². The van der Waals surface area contributed by atoms with E-state index in [1.54, 1.807) is 4.90 Å². The lowest BCUT2D eigenvalue weighted by Crippen LogP contribution is -2.57. The van der Waals surface area contributed by atoms with E-state index in [0.717, 1.165) is 41.5 Å². The second kappa shape index (κ2) is 13.2. The van der Waals surface area contributed by atoms with Crippen LogP contribution >= 0.6 is 0 Å². The number of aliphatic carboxylic acids is 1. The number of carbonyl (C=O) groups is 4. The van der Waals surface area contributed by atoms with Crippen LogP contribution < -0.4 is 10.8 Å². The van der Waals surface area contributed by atoms with E-state index in [4.69, 9.17) is 9.68 Å². The molecule has 12 nitrogen and oxygen atoms in total. The summed E-state index contributed by atoms with van der Waals surface area (Å²) in [7, 11) is 0. The Balaban J connectivity index is 1.23. The van der Waals surface area contributed by atoms with Crippen molar-refractivity contribution in [3.8, 4) is 11.1 Å². The largest absolute Gasteiger partial charge is 0.479 e. The van der Waals surface area contributed by atoms with Crippen LogP contribution in [0.5, 0.6) is 0 Å². The zero-order valence-corrected chi connectivity index (χ0v) is 26.7. The van der Waals surface area contributed by atoms with Crippen LogP contribution in [0.15, 0.2) is 66.3 Å². The first-order valence-electron chi connectivity index (χ1n) is 16.3. The third kappa shape index (κ3) is 6.21. The van der Waals surface area contributed by atoms with Crippen molar-refractivity contribution in [2.24, 2.45) is 17.0 Å². The van der Waals surface area contributed by atoms with E-state index in [9.17, 15) is 24.3 Å². The third-order valence-corrected chi connectivity index (χ3v) is 9.64. The first kappa shape index (κ1) is 32.2. The van der Waals surface area contributed by atoms with E-state index in [1.165, 1.54) is 11.0 Å². The molecule has 5 atom stereocenters. The number of carboxylic acids is 1. The zero-order chi connectivity index (χ0) is 33.3. The lowest BCUT2D eigenvalue weighted by atomic mass is 10.0. The normalized spacial score (nSPS) is 25.0. The van der Waals surface area contributed by atoms with Crippen LogP contribution in [-0.2, 0) is 24.1 Å². The molecule has 0 aromatic heterocycles. The Morgan fingerprint density at radius 1 is 1.00 bits per heavy atom. The van der Waals surface area contributed by atoms with Crippen molar-refractivity contribution in [1.82, 2.24) is 20.6 Å². The van der Waals surface area contributed by atoms with Gasteiger partial charge in [0, 0.05) is 36.6 Å². The van der Waals surface area contributed by atoms with Gasteiger partial charge in [-0.2, -0.15) is 0 Å².